The van der Waals surface area contributed by atoms with Crippen molar-refractivity contribution in [2.24, 2.45) is 0 Å². The monoisotopic (exact) mass is 271 g/mol. The molecule has 1 N–H and O–H groups in total. The SMILES string of the molecule is O=C(CBr)c1c[nH]c2cccc(Cl)c12. The second-order valence-electron chi connectivity index (χ2n) is 2.92. The molecule has 0 amide bonds. The van der Waals surface area contributed by atoms with E-state index in [9.17, 15) is 4.79 Å². The number of Topliss-reactive ketones (excluding diaryl/α,β-unsaturated/α-hetero) is 1. The highest BCUT2D eigenvalue weighted by Crippen LogP contribution is 2.26. The maximum absolute atomic E-state index is 11.5. The number of ketones is 1. The van der Waals surface area contributed by atoms with Gasteiger partial charge in [-0.25, -0.2) is 0 Å². The number of halogens is 2. The fourth-order valence-corrected chi connectivity index (χ4v) is 2.01. The Morgan fingerprint density at radius 2 is 2.29 bits per heavy atom. The molecule has 72 valence electrons. The van der Waals surface area contributed by atoms with Crippen LogP contribution in [0.25, 0.3) is 10.9 Å². The molecule has 0 aliphatic carbocycles. The van der Waals surface area contributed by atoms with E-state index in [1.54, 1.807) is 12.3 Å². The van der Waals surface area contributed by atoms with Crippen molar-refractivity contribution in [1.82, 2.24) is 4.98 Å². The van der Waals surface area contributed by atoms with E-state index in [2.05, 4.69) is 20.9 Å². The Morgan fingerprint density at radius 1 is 1.50 bits per heavy atom. The summed E-state index contributed by atoms with van der Waals surface area (Å²) in [4.78, 5) is 14.5. The minimum Gasteiger partial charge on any atom is -0.360 e. The number of benzene rings is 1. The molecule has 0 saturated carbocycles. The lowest BCUT2D eigenvalue weighted by Gasteiger charge is -1.96. The highest BCUT2D eigenvalue weighted by atomic mass is 79.9. The fourth-order valence-electron chi connectivity index (χ4n) is 1.43. The van der Waals surface area contributed by atoms with Crippen LogP contribution in [0.15, 0.2) is 24.4 Å². The van der Waals surface area contributed by atoms with E-state index >= 15 is 0 Å². The van der Waals surface area contributed by atoms with Gasteiger partial charge < -0.3 is 4.98 Å². The smallest absolute Gasteiger partial charge is 0.175 e. The molecule has 0 aliphatic heterocycles. The molecule has 1 aromatic carbocycles. The van der Waals surface area contributed by atoms with E-state index in [4.69, 9.17) is 11.6 Å². The highest BCUT2D eigenvalue weighted by Gasteiger charge is 2.12. The fraction of sp³-hybridized carbons (Fsp3) is 0.100. The summed E-state index contributed by atoms with van der Waals surface area (Å²) in [6.07, 6.45) is 1.69. The van der Waals surface area contributed by atoms with Gasteiger partial charge in [-0.3, -0.25) is 4.79 Å². The van der Waals surface area contributed by atoms with Crippen molar-refractivity contribution in [3.8, 4) is 0 Å². The van der Waals surface area contributed by atoms with Gasteiger partial charge in [-0.1, -0.05) is 33.6 Å². The van der Waals surface area contributed by atoms with Crippen LogP contribution < -0.4 is 0 Å². The summed E-state index contributed by atoms with van der Waals surface area (Å²) in [6.45, 7) is 0. The van der Waals surface area contributed by atoms with Gasteiger partial charge in [-0.05, 0) is 12.1 Å². The highest BCUT2D eigenvalue weighted by molar-refractivity contribution is 9.09. The molecule has 0 bridgehead atoms. The number of alkyl halides is 1. The molecule has 0 fully saturated rings. The van der Waals surface area contributed by atoms with E-state index in [0.717, 1.165) is 10.9 Å². The van der Waals surface area contributed by atoms with Crippen LogP contribution in [0.2, 0.25) is 5.02 Å². The van der Waals surface area contributed by atoms with Gasteiger partial charge in [-0.15, -0.1) is 0 Å². The first kappa shape index (κ1) is 9.74. The maximum Gasteiger partial charge on any atom is 0.175 e. The normalized spacial score (nSPS) is 10.7. The van der Waals surface area contributed by atoms with E-state index in [-0.39, 0.29) is 5.78 Å². The van der Waals surface area contributed by atoms with E-state index in [1.165, 1.54) is 0 Å². The van der Waals surface area contributed by atoms with Crippen LogP contribution in [0.4, 0.5) is 0 Å². The largest absolute Gasteiger partial charge is 0.360 e. The molecule has 0 atom stereocenters. The molecule has 0 saturated heterocycles. The summed E-state index contributed by atoms with van der Waals surface area (Å²) in [5, 5.41) is 1.72. The van der Waals surface area contributed by atoms with Crippen LogP contribution in [0.3, 0.4) is 0 Å². The molecule has 1 aromatic heterocycles. The summed E-state index contributed by atoms with van der Waals surface area (Å²) in [6, 6.07) is 5.53. The minimum absolute atomic E-state index is 0.0318. The first-order chi connectivity index (χ1) is 6.74. The van der Waals surface area contributed by atoms with Crippen LogP contribution >= 0.6 is 27.5 Å². The lowest BCUT2D eigenvalue weighted by molar-refractivity contribution is 0.102. The molecule has 0 spiro atoms. The lowest BCUT2D eigenvalue weighted by atomic mass is 10.1. The van der Waals surface area contributed by atoms with Crippen molar-refractivity contribution in [2.45, 2.75) is 0 Å². The number of H-pyrrole nitrogens is 1. The molecular weight excluding hydrogens is 265 g/mol. The third-order valence-corrected chi connectivity index (χ3v) is 2.90. The molecule has 2 aromatic rings. The number of carbonyl (C=O) groups is 1. The Balaban J connectivity index is 2.73. The topological polar surface area (TPSA) is 32.9 Å². The van der Waals surface area contributed by atoms with E-state index in [0.29, 0.717) is 15.9 Å². The second-order valence-corrected chi connectivity index (χ2v) is 3.89. The number of aromatic amines is 1. The average Bonchev–Trinajstić information content (AvgIpc) is 2.62. The molecule has 14 heavy (non-hydrogen) atoms. The van der Waals surface area contributed by atoms with E-state index < -0.39 is 0 Å². The van der Waals surface area contributed by atoms with Crippen molar-refractivity contribution in [3.05, 3.63) is 35.0 Å². The van der Waals surface area contributed by atoms with Crippen molar-refractivity contribution in [1.29, 1.82) is 0 Å². The van der Waals surface area contributed by atoms with Crippen LogP contribution in [0, 0.1) is 0 Å². The molecule has 1 heterocycles. The zero-order valence-electron chi connectivity index (χ0n) is 7.18. The van der Waals surface area contributed by atoms with Crippen molar-refractivity contribution < 1.29 is 4.79 Å². The molecule has 2 rings (SSSR count). The molecule has 4 heteroatoms. The van der Waals surface area contributed by atoms with Gasteiger partial charge >= 0.3 is 0 Å². The van der Waals surface area contributed by atoms with Gasteiger partial charge in [0.15, 0.2) is 5.78 Å². The van der Waals surface area contributed by atoms with Crippen LogP contribution in [0.5, 0.6) is 0 Å². The Morgan fingerprint density at radius 3 is 3.00 bits per heavy atom. The zero-order valence-corrected chi connectivity index (χ0v) is 9.52. The summed E-state index contributed by atoms with van der Waals surface area (Å²) in [7, 11) is 0. The number of carbonyl (C=O) groups excluding carboxylic acids is 1. The number of rotatable bonds is 2. The maximum atomic E-state index is 11.5. The third-order valence-electron chi connectivity index (χ3n) is 2.08. The molecule has 0 unspecified atom stereocenters. The van der Waals surface area contributed by atoms with Crippen molar-refractivity contribution >= 4 is 44.2 Å². The Hall–Kier alpha value is -0.800. The Labute approximate surface area is 94.4 Å². The molecule has 0 radical (unpaired) electrons. The van der Waals surface area contributed by atoms with Gasteiger partial charge in [0.05, 0.1) is 10.4 Å². The van der Waals surface area contributed by atoms with Crippen molar-refractivity contribution in [3.63, 3.8) is 0 Å². The predicted octanol–water partition coefficient (Wildman–Crippen LogP) is 3.40. The predicted molar refractivity (Wildman–Crippen MR) is 61.4 cm³/mol. The number of fused-ring (bicyclic) bond motifs is 1. The standard InChI is InChI=1S/C10H7BrClNO/c11-4-9(14)6-5-13-8-3-1-2-7(12)10(6)8/h1-3,5,13H,4H2. The summed E-state index contributed by atoms with van der Waals surface area (Å²) in [5.74, 6) is 0.0318. The number of nitrogens with one attached hydrogen (secondary N) is 1. The first-order valence-corrected chi connectivity index (χ1v) is 5.58. The average molecular weight is 273 g/mol. The summed E-state index contributed by atoms with van der Waals surface area (Å²) < 4.78 is 0. The third kappa shape index (κ3) is 1.47. The van der Waals surface area contributed by atoms with Gasteiger partial charge in [0.25, 0.3) is 0 Å². The second kappa shape index (κ2) is 3.75. The lowest BCUT2D eigenvalue weighted by Crippen LogP contribution is -1.98. The quantitative estimate of drug-likeness (QED) is 0.659. The first-order valence-electron chi connectivity index (χ1n) is 4.09. The number of hydrogen-bond donors (Lipinski definition) is 1. The number of aromatic nitrogens is 1. The van der Waals surface area contributed by atoms with Gasteiger partial charge in [-0.2, -0.15) is 0 Å². The summed E-state index contributed by atoms with van der Waals surface area (Å²) in [5.41, 5.74) is 1.53. The molecule has 2 nitrogen and oxygen atoms in total. The molecule has 0 aliphatic rings. The van der Waals surface area contributed by atoms with Crippen LogP contribution in [-0.2, 0) is 0 Å². The van der Waals surface area contributed by atoms with Gasteiger partial charge in [0.2, 0.25) is 0 Å². The van der Waals surface area contributed by atoms with Crippen LogP contribution in [0.1, 0.15) is 10.4 Å². The minimum atomic E-state index is 0.0318. The Kier molecular flexibility index (Phi) is 2.61. The zero-order chi connectivity index (χ0) is 10.1. The van der Waals surface area contributed by atoms with E-state index in [1.807, 2.05) is 12.1 Å². The summed E-state index contributed by atoms with van der Waals surface area (Å²) >= 11 is 9.16. The van der Waals surface area contributed by atoms with Gasteiger partial charge in [0, 0.05) is 22.7 Å². The number of hydrogen-bond acceptors (Lipinski definition) is 1. The van der Waals surface area contributed by atoms with Gasteiger partial charge in [0.1, 0.15) is 0 Å². The van der Waals surface area contributed by atoms with Crippen molar-refractivity contribution in [2.75, 3.05) is 5.33 Å². The van der Waals surface area contributed by atoms with Crippen LogP contribution in [-0.4, -0.2) is 16.1 Å². The molecular formula is C10H7BrClNO. The Bertz CT molecular complexity index is 492.